The first kappa shape index (κ1) is 19.0. The monoisotopic (exact) mass is 420 g/mol. The molecule has 2 aromatic heterocycles. The molecule has 1 unspecified atom stereocenters. The maximum Gasteiger partial charge on any atom is 0.213 e. The highest BCUT2D eigenvalue weighted by Gasteiger charge is 2.23. The molecule has 1 aliphatic rings. The third-order valence-corrected chi connectivity index (χ3v) is 5.02. The lowest BCUT2D eigenvalue weighted by molar-refractivity contribution is 0.0780. The van der Waals surface area contributed by atoms with E-state index in [0.717, 1.165) is 27.3 Å². The minimum atomic E-state index is -0.919. The van der Waals surface area contributed by atoms with Crippen molar-refractivity contribution >= 4 is 26.5 Å². The lowest BCUT2D eigenvalue weighted by Crippen LogP contribution is -2.40. The van der Waals surface area contributed by atoms with Crippen molar-refractivity contribution in [2.45, 2.75) is 59.3 Å². The highest BCUT2D eigenvalue weighted by atomic mass is 79.9. The molecule has 0 aliphatic heterocycles. The van der Waals surface area contributed by atoms with Crippen LogP contribution in [0.4, 0.5) is 0 Å². The molecule has 0 saturated heterocycles. The van der Waals surface area contributed by atoms with Crippen LogP contribution in [0.25, 0.3) is 10.6 Å². The fraction of sp³-hybridized carbons (Fsp3) is 0.526. The van der Waals surface area contributed by atoms with E-state index < -0.39 is 5.60 Å². The Morgan fingerprint density at radius 2 is 2.00 bits per heavy atom. The van der Waals surface area contributed by atoms with E-state index >= 15 is 0 Å². The highest BCUT2D eigenvalue weighted by Crippen LogP contribution is 2.24. The first-order valence-corrected chi connectivity index (χ1v) is 9.49. The van der Waals surface area contributed by atoms with Crippen molar-refractivity contribution in [3.8, 4) is 5.88 Å². The minimum Gasteiger partial charge on any atom is -0.468 e. The predicted molar refractivity (Wildman–Crippen MR) is 104 cm³/mol. The molecule has 1 N–H and O–H groups in total. The van der Waals surface area contributed by atoms with E-state index in [4.69, 9.17) is 4.74 Å². The second-order valence-corrected chi connectivity index (χ2v) is 9.23. The Kier molecular flexibility index (Phi) is 4.96. The Hall–Kier alpha value is -1.73. The lowest BCUT2D eigenvalue weighted by Gasteiger charge is -2.21. The van der Waals surface area contributed by atoms with Crippen LogP contribution in [0.15, 0.2) is 18.3 Å². The van der Waals surface area contributed by atoms with Gasteiger partial charge in [0.15, 0.2) is 0 Å². The van der Waals surface area contributed by atoms with E-state index in [1.165, 1.54) is 0 Å². The summed E-state index contributed by atoms with van der Waals surface area (Å²) in [5.41, 5.74) is -0.0472. The highest BCUT2D eigenvalue weighted by molar-refractivity contribution is 9.15. The van der Waals surface area contributed by atoms with E-state index in [-0.39, 0.29) is 11.5 Å². The molecule has 0 spiro atoms. The average Bonchev–Trinajstić information content (AvgIpc) is 2.91. The van der Waals surface area contributed by atoms with Gasteiger partial charge in [-0.1, -0.05) is 32.1 Å². The van der Waals surface area contributed by atoms with Crippen molar-refractivity contribution in [3.63, 3.8) is 0 Å². The molecule has 0 bridgehead atoms. The molecule has 2 aromatic rings. The fourth-order valence-electron chi connectivity index (χ4n) is 2.79. The topological polar surface area (TPSA) is 73.1 Å². The number of aliphatic hydroxyl groups is 1. The van der Waals surface area contributed by atoms with Gasteiger partial charge in [-0.15, -0.1) is 5.10 Å². The Bertz CT molecular complexity index is 905. The molecule has 6 nitrogen and oxygen atoms in total. The number of halogens is 1. The van der Waals surface area contributed by atoms with Gasteiger partial charge in [-0.25, -0.2) is 9.67 Å². The number of aromatic nitrogens is 4. The summed E-state index contributed by atoms with van der Waals surface area (Å²) >= 11 is 3.64. The summed E-state index contributed by atoms with van der Waals surface area (Å²) in [6, 6.07) is 3.60. The van der Waals surface area contributed by atoms with Crippen molar-refractivity contribution < 1.29 is 9.84 Å². The summed E-state index contributed by atoms with van der Waals surface area (Å²) in [6.07, 6.45) is 4.27. The summed E-state index contributed by atoms with van der Waals surface area (Å²) in [5, 5.41) is 20.5. The van der Waals surface area contributed by atoms with E-state index in [1.807, 2.05) is 10.7 Å². The summed E-state index contributed by atoms with van der Waals surface area (Å²) in [7, 11) is 0. The van der Waals surface area contributed by atoms with Crippen LogP contribution in [0.1, 0.15) is 46.6 Å². The molecule has 1 atom stereocenters. The lowest BCUT2D eigenvalue weighted by atomic mass is 9.97. The van der Waals surface area contributed by atoms with Gasteiger partial charge < -0.3 is 9.84 Å². The standard InChI is InChI=1S/C19H25BrN4O2/c1-18(2,3)11-24-13-7-8-14(16(20)17(13)22-23-24)26-15-9-6-12(10-21-15)19(4,5)25/h6-7,9-10,14,25H,8,11H2,1-5H3. The summed E-state index contributed by atoms with van der Waals surface area (Å²) in [6.45, 7) is 10.8. The van der Waals surface area contributed by atoms with Gasteiger partial charge in [0.25, 0.3) is 0 Å². The maximum absolute atomic E-state index is 10.0. The van der Waals surface area contributed by atoms with Gasteiger partial charge in [-0.3, -0.25) is 0 Å². The number of pyridine rings is 1. The molecule has 0 aromatic carbocycles. The van der Waals surface area contributed by atoms with Crippen LogP contribution in [0, 0.1) is 5.41 Å². The van der Waals surface area contributed by atoms with E-state index in [0.29, 0.717) is 12.3 Å². The van der Waals surface area contributed by atoms with Crippen molar-refractivity contribution in [3.05, 3.63) is 34.6 Å². The van der Waals surface area contributed by atoms with Crippen LogP contribution in [0.5, 0.6) is 5.88 Å². The average molecular weight is 421 g/mol. The minimum absolute atomic E-state index is 0.126. The first-order valence-electron chi connectivity index (χ1n) is 8.69. The third kappa shape index (κ3) is 4.15. The van der Waals surface area contributed by atoms with Crippen molar-refractivity contribution in [2.75, 3.05) is 0 Å². The molecule has 0 fully saturated rings. The molecule has 0 radical (unpaired) electrons. The number of nitrogens with zero attached hydrogens (tertiary/aromatic N) is 4. The molecule has 0 amide bonds. The second kappa shape index (κ2) is 6.78. The van der Waals surface area contributed by atoms with Crippen LogP contribution in [0.3, 0.4) is 0 Å². The van der Waals surface area contributed by atoms with Gasteiger partial charge in [0.1, 0.15) is 11.5 Å². The molecule has 2 heterocycles. The predicted octanol–water partition coefficient (Wildman–Crippen LogP) is 2.08. The van der Waals surface area contributed by atoms with E-state index in [9.17, 15) is 5.11 Å². The zero-order chi connectivity index (χ0) is 19.1. The van der Waals surface area contributed by atoms with Gasteiger partial charge in [-0.2, -0.15) is 0 Å². The SMILES string of the molecule is CC(C)(C)Cn1nnc2c1=CCC(Oc1ccc(C(C)(C)O)cn1)C=2Br. The quantitative estimate of drug-likeness (QED) is 0.819. The zero-order valence-corrected chi connectivity index (χ0v) is 17.4. The number of fused-ring (bicyclic) bond motifs is 1. The van der Waals surface area contributed by atoms with Crippen LogP contribution < -0.4 is 15.4 Å². The number of hydrogen-bond donors (Lipinski definition) is 1. The molecule has 7 heteroatoms. The van der Waals surface area contributed by atoms with Crippen LogP contribution in [-0.2, 0) is 12.1 Å². The van der Waals surface area contributed by atoms with Gasteiger partial charge in [0, 0.05) is 30.8 Å². The van der Waals surface area contributed by atoms with Crippen LogP contribution >= 0.6 is 15.9 Å². The second-order valence-electron chi connectivity index (χ2n) is 8.38. The molecular formula is C19H25BrN4O2. The molecule has 3 rings (SSSR count). The Morgan fingerprint density at radius 3 is 2.58 bits per heavy atom. The molecule has 0 saturated carbocycles. The molecule has 1 aliphatic carbocycles. The number of ether oxygens (including phenoxy) is 1. The van der Waals surface area contributed by atoms with Crippen LogP contribution in [0.2, 0.25) is 0 Å². The summed E-state index contributed by atoms with van der Waals surface area (Å²) < 4.78 is 8.84. The fourth-order valence-corrected chi connectivity index (χ4v) is 3.35. The van der Waals surface area contributed by atoms with E-state index in [2.05, 4.69) is 58.1 Å². The van der Waals surface area contributed by atoms with Gasteiger partial charge in [0.05, 0.1) is 15.4 Å². The smallest absolute Gasteiger partial charge is 0.213 e. The van der Waals surface area contributed by atoms with Gasteiger partial charge >= 0.3 is 0 Å². The largest absolute Gasteiger partial charge is 0.468 e. The number of rotatable bonds is 4. The third-order valence-electron chi connectivity index (χ3n) is 4.14. The van der Waals surface area contributed by atoms with Crippen molar-refractivity contribution in [2.24, 2.45) is 5.41 Å². The molecule has 140 valence electrons. The Balaban J connectivity index is 1.83. The van der Waals surface area contributed by atoms with Gasteiger partial charge in [-0.05, 0) is 41.3 Å². The molecular weight excluding hydrogens is 396 g/mol. The Labute approximate surface area is 161 Å². The maximum atomic E-state index is 10.0. The summed E-state index contributed by atoms with van der Waals surface area (Å²) in [4.78, 5) is 4.31. The van der Waals surface area contributed by atoms with Gasteiger partial charge in [0.2, 0.25) is 5.88 Å². The molecule has 26 heavy (non-hydrogen) atoms. The zero-order valence-electron chi connectivity index (χ0n) is 15.8. The van der Waals surface area contributed by atoms with Crippen molar-refractivity contribution in [1.82, 2.24) is 20.0 Å². The van der Waals surface area contributed by atoms with Crippen LogP contribution in [-0.4, -0.2) is 31.2 Å². The Morgan fingerprint density at radius 1 is 1.27 bits per heavy atom. The summed E-state index contributed by atoms with van der Waals surface area (Å²) in [5.74, 6) is 0.513. The normalized spacial score (nSPS) is 17.7. The first-order chi connectivity index (χ1) is 12.0. The van der Waals surface area contributed by atoms with Crippen molar-refractivity contribution in [1.29, 1.82) is 0 Å². The number of hydrogen-bond acceptors (Lipinski definition) is 5. The van der Waals surface area contributed by atoms with E-state index in [1.54, 1.807) is 26.1 Å².